The van der Waals surface area contributed by atoms with Crippen LogP contribution in [-0.4, -0.2) is 97.0 Å². The Morgan fingerprint density at radius 2 is 1.39 bits per heavy atom. The zero-order valence-electron chi connectivity index (χ0n) is 26.4. The summed E-state index contributed by atoms with van der Waals surface area (Å²) in [5, 5.41) is 32.2. The minimum absolute atomic E-state index is 0.0608. The number of nitrogens with two attached hydrogens (primary N) is 4. The van der Waals surface area contributed by atoms with Crippen molar-refractivity contribution in [3.63, 3.8) is 0 Å². The van der Waals surface area contributed by atoms with Gasteiger partial charge in [0.05, 0.1) is 24.2 Å². The highest BCUT2D eigenvalue weighted by Gasteiger charge is 2.75. The predicted octanol–water partition coefficient (Wildman–Crippen LogP) is -1.18. The maximum Gasteiger partial charge on any atom is 0.345 e. The Morgan fingerprint density at radius 1 is 0.848 bits per heavy atom. The van der Waals surface area contributed by atoms with E-state index in [2.05, 4.69) is 0 Å². The number of Topliss-reactive ketones (excluding diaryl/α,β-unsaturated/α-hetero) is 2. The first-order valence-corrected chi connectivity index (χ1v) is 14.8. The molecule has 16 heteroatoms. The third-order valence-corrected chi connectivity index (χ3v) is 7.56. The third kappa shape index (κ3) is 8.58. The lowest BCUT2D eigenvalue weighted by molar-refractivity contribution is -0.250. The van der Waals surface area contributed by atoms with E-state index >= 15 is 0 Å². The van der Waals surface area contributed by atoms with Crippen molar-refractivity contribution in [1.29, 1.82) is 0 Å². The second kappa shape index (κ2) is 17.0. The van der Waals surface area contributed by atoms with Crippen LogP contribution in [0.4, 0.5) is 0 Å². The van der Waals surface area contributed by atoms with Crippen LogP contribution in [0, 0.1) is 5.92 Å². The number of rotatable bonds is 19. The van der Waals surface area contributed by atoms with Crippen LogP contribution in [0.3, 0.4) is 0 Å². The van der Waals surface area contributed by atoms with Gasteiger partial charge < -0.3 is 43.0 Å². The molecule has 0 saturated heterocycles. The molecule has 0 saturated carbocycles. The van der Waals surface area contributed by atoms with Gasteiger partial charge in [-0.15, -0.1) is 0 Å². The maximum atomic E-state index is 14.5. The number of hydrogen-bond acceptors (Lipinski definition) is 13. The molecule has 0 fully saturated rings. The van der Waals surface area contributed by atoms with Gasteiger partial charge >= 0.3 is 23.7 Å². The van der Waals surface area contributed by atoms with Crippen molar-refractivity contribution in [1.82, 2.24) is 4.90 Å². The average Bonchev–Trinajstić information content (AvgIpc) is 3.00. The second-order valence-corrected chi connectivity index (χ2v) is 11.2. The highest BCUT2D eigenvalue weighted by Crippen LogP contribution is 2.38. The van der Waals surface area contributed by atoms with Crippen LogP contribution in [0.25, 0.3) is 0 Å². The van der Waals surface area contributed by atoms with Crippen molar-refractivity contribution in [3.8, 4) is 0 Å². The molecule has 7 atom stereocenters. The number of amides is 2. The predicted molar refractivity (Wildman–Crippen MR) is 162 cm³/mol. The Bertz CT molecular complexity index is 1290. The molecule has 0 bridgehead atoms. The first kappa shape index (κ1) is 39.9. The summed E-state index contributed by atoms with van der Waals surface area (Å²) in [5.41, 5.74) is 20.4. The fourth-order valence-corrected chi connectivity index (χ4v) is 4.69. The molecule has 2 amide bonds. The minimum Gasteiger partial charge on any atom is -0.481 e. The Kier molecular flexibility index (Phi) is 14.8. The zero-order chi connectivity index (χ0) is 35.6. The number of ether oxygens (including phenoxy) is 1. The number of benzene rings is 1. The molecule has 0 aliphatic rings. The monoisotopic (exact) mass is 651 g/mol. The fourth-order valence-electron chi connectivity index (χ4n) is 4.69. The van der Waals surface area contributed by atoms with E-state index < -0.39 is 102 Å². The van der Waals surface area contributed by atoms with Crippen LogP contribution in [0.1, 0.15) is 65.4 Å². The lowest BCUT2D eigenvalue weighted by Gasteiger charge is -2.48. The molecule has 0 aliphatic carbocycles. The molecule has 1 rings (SSSR count). The van der Waals surface area contributed by atoms with Gasteiger partial charge in [0, 0.05) is 12.8 Å². The van der Waals surface area contributed by atoms with Crippen molar-refractivity contribution in [2.75, 3.05) is 0 Å². The highest BCUT2D eigenvalue weighted by atomic mass is 16.7. The van der Waals surface area contributed by atoms with Crippen molar-refractivity contribution < 1.29 is 53.6 Å². The summed E-state index contributed by atoms with van der Waals surface area (Å²) in [7, 11) is 0. The van der Waals surface area contributed by atoms with Gasteiger partial charge in [-0.05, 0) is 37.7 Å². The highest BCUT2D eigenvalue weighted by molar-refractivity contribution is 6.22. The summed E-state index contributed by atoms with van der Waals surface area (Å²) in [6, 6.07) is 0.369. The largest absolute Gasteiger partial charge is 0.481 e. The first-order chi connectivity index (χ1) is 21.3. The van der Waals surface area contributed by atoms with Gasteiger partial charge in [0.15, 0.2) is 5.78 Å². The first-order valence-electron chi connectivity index (χ1n) is 14.8. The number of carbonyl (C=O) groups excluding carboxylic acids is 5. The Labute approximate surface area is 266 Å². The van der Waals surface area contributed by atoms with E-state index in [0.29, 0.717) is 5.56 Å². The van der Waals surface area contributed by atoms with E-state index in [9.17, 15) is 43.8 Å². The molecular weight excluding hydrogens is 606 g/mol. The molecule has 256 valence electrons. The number of imide groups is 1. The third-order valence-electron chi connectivity index (χ3n) is 7.56. The summed E-state index contributed by atoms with van der Waals surface area (Å²) in [6.45, 7) is 5.47. The second-order valence-electron chi connectivity index (χ2n) is 11.2. The van der Waals surface area contributed by atoms with Gasteiger partial charge in [-0.1, -0.05) is 57.5 Å². The van der Waals surface area contributed by atoms with Crippen LogP contribution in [-0.2, 0) is 44.7 Å². The standard InChI is InChI=1S/C30H45N5O11/c1-5-10-22(38)46-30(45,24(39)17(4)31)29(28(43)44,25(40)23(34)16(3)6-2)35(26(41)19(32)13-14-21(36)37)27(42)20(33)15-18-11-8-7-9-12-18/h7-9,11-12,16-17,19-20,23,45H,5-6,10,13-15,31-34H2,1-4H3,(H,36,37)(H,43,44). The molecule has 0 aliphatic heterocycles. The van der Waals surface area contributed by atoms with E-state index in [-0.39, 0.29) is 24.2 Å². The van der Waals surface area contributed by atoms with Gasteiger partial charge in [-0.2, -0.15) is 0 Å². The van der Waals surface area contributed by atoms with Crippen molar-refractivity contribution in [3.05, 3.63) is 35.9 Å². The smallest absolute Gasteiger partial charge is 0.345 e. The summed E-state index contributed by atoms with van der Waals surface area (Å²) in [6.07, 6.45) is -2.12. The van der Waals surface area contributed by atoms with Crippen LogP contribution >= 0.6 is 0 Å². The summed E-state index contributed by atoms with van der Waals surface area (Å²) in [5.74, 6) is -17.3. The Balaban J connectivity index is 4.38. The number of carbonyl (C=O) groups is 7. The van der Waals surface area contributed by atoms with Crippen molar-refractivity contribution >= 4 is 41.3 Å². The average molecular weight is 652 g/mol. The zero-order valence-corrected chi connectivity index (χ0v) is 26.4. The number of aliphatic carboxylic acids is 2. The normalized spacial score (nSPS) is 17.2. The SMILES string of the molecule is CCCC(=O)OC(O)(C(=O)C(C)N)C(C(=O)O)(C(=O)C(N)C(C)CC)N(C(=O)C(N)CCC(=O)O)C(=O)C(N)Cc1ccccc1. The van der Waals surface area contributed by atoms with Crippen LogP contribution in [0.2, 0.25) is 0 Å². The van der Waals surface area contributed by atoms with E-state index in [1.54, 1.807) is 37.3 Å². The molecule has 16 nitrogen and oxygen atoms in total. The van der Waals surface area contributed by atoms with Crippen LogP contribution < -0.4 is 22.9 Å². The van der Waals surface area contributed by atoms with Gasteiger partial charge in [-0.3, -0.25) is 28.8 Å². The van der Waals surface area contributed by atoms with Crippen LogP contribution in [0.15, 0.2) is 30.3 Å². The molecule has 0 heterocycles. The van der Waals surface area contributed by atoms with Crippen molar-refractivity contribution in [2.24, 2.45) is 28.9 Å². The number of hydrogen-bond donors (Lipinski definition) is 7. The van der Waals surface area contributed by atoms with Gasteiger partial charge in [0.25, 0.3) is 5.54 Å². The topological polar surface area (TPSA) is 297 Å². The number of aliphatic hydroxyl groups is 1. The Hall–Kier alpha value is -4.09. The summed E-state index contributed by atoms with van der Waals surface area (Å²) >= 11 is 0. The number of ketones is 2. The van der Waals surface area contributed by atoms with E-state index in [0.717, 1.165) is 6.92 Å². The molecule has 1 aromatic rings. The fraction of sp³-hybridized carbons (Fsp3) is 0.567. The molecule has 0 spiro atoms. The molecule has 7 unspecified atom stereocenters. The molecule has 0 radical (unpaired) electrons. The van der Waals surface area contributed by atoms with Gasteiger partial charge in [0.2, 0.25) is 17.6 Å². The van der Waals surface area contributed by atoms with Crippen LogP contribution in [0.5, 0.6) is 0 Å². The summed E-state index contributed by atoms with van der Waals surface area (Å²) < 4.78 is 5.08. The maximum absolute atomic E-state index is 14.5. The molecular formula is C30H45N5O11. The molecule has 46 heavy (non-hydrogen) atoms. The molecule has 11 N–H and O–H groups in total. The number of esters is 1. The number of carboxylic acid groups (broad SMARTS) is 2. The van der Waals surface area contributed by atoms with Gasteiger partial charge in [-0.25, -0.2) is 9.69 Å². The minimum atomic E-state index is -4.16. The van der Waals surface area contributed by atoms with Crippen molar-refractivity contribution in [2.45, 2.75) is 102 Å². The molecule has 1 aromatic carbocycles. The van der Waals surface area contributed by atoms with Gasteiger partial charge in [0.1, 0.15) is 0 Å². The van der Waals surface area contributed by atoms with E-state index in [1.807, 2.05) is 0 Å². The molecule has 0 aromatic heterocycles. The van der Waals surface area contributed by atoms with E-state index in [1.165, 1.54) is 13.8 Å². The van der Waals surface area contributed by atoms with E-state index in [4.69, 9.17) is 32.8 Å². The number of nitrogens with zero attached hydrogens (tertiary/aromatic N) is 1. The summed E-state index contributed by atoms with van der Waals surface area (Å²) in [4.78, 5) is 94.0. The lowest BCUT2D eigenvalue weighted by atomic mass is 9.73. The quantitative estimate of drug-likeness (QED) is 0.0526. The lowest BCUT2D eigenvalue weighted by Crippen LogP contribution is -2.83. The number of carboxylic acids is 2. The Morgan fingerprint density at radius 3 is 1.85 bits per heavy atom.